The lowest BCUT2D eigenvalue weighted by Gasteiger charge is -2.29. The number of carbonyl (C=O) groups is 2. The zero-order valence-corrected chi connectivity index (χ0v) is 24.2. The molecular weight excluding hydrogens is 550 g/mol. The monoisotopic (exact) mass is 577 g/mol. The Morgan fingerprint density at radius 3 is 2.19 bits per heavy atom. The first kappa shape index (κ1) is 27.3. The predicted molar refractivity (Wildman–Crippen MR) is 161 cm³/mol. The summed E-state index contributed by atoms with van der Waals surface area (Å²) in [5.74, 6) is -1.16. The lowest BCUT2D eigenvalue weighted by molar-refractivity contribution is -0.384. The maximum Gasteiger partial charge on any atom is 0.336 e. The first-order valence-corrected chi connectivity index (χ1v) is 14.2. The van der Waals surface area contributed by atoms with Crippen molar-refractivity contribution >= 4 is 34.9 Å². The SMILES string of the molecule is COC(=O)C1=C(C)NC2=C(C(=O)c3ccccc32)[C@@H]1c1cc(C)n(-c2ccc(Sc3ccc([N+](=O)[O-])cc3)cc2)c1C. The van der Waals surface area contributed by atoms with Crippen molar-refractivity contribution in [1.29, 1.82) is 0 Å². The molecule has 9 heteroatoms. The van der Waals surface area contributed by atoms with E-state index in [0.29, 0.717) is 22.4 Å². The molecule has 0 spiro atoms. The van der Waals surface area contributed by atoms with Crippen molar-refractivity contribution in [3.8, 4) is 5.69 Å². The van der Waals surface area contributed by atoms with Gasteiger partial charge in [0.05, 0.1) is 29.2 Å². The normalized spacial score (nSPS) is 15.8. The van der Waals surface area contributed by atoms with Gasteiger partial charge in [-0.1, -0.05) is 36.0 Å². The van der Waals surface area contributed by atoms with Gasteiger partial charge in [0, 0.05) is 61.4 Å². The number of allylic oxidation sites excluding steroid dienone is 2. The van der Waals surface area contributed by atoms with Crippen LogP contribution in [0.2, 0.25) is 0 Å². The van der Waals surface area contributed by atoms with Crippen LogP contribution in [0.15, 0.2) is 105 Å². The molecule has 0 saturated carbocycles. The number of nitro groups is 1. The first-order chi connectivity index (χ1) is 20.2. The number of ether oxygens (including phenoxy) is 1. The number of aryl methyl sites for hydroxylation is 1. The zero-order chi connectivity index (χ0) is 29.7. The van der Waals surface area contributed by atoms with Crippen molar-refractivity contribution < 1.29 is 19.2 Å². The molecule has 6 rings (SSSR count). The van der Waals surface area contributed by atoms with Gasteiger partial charge in [0.1, 0.15) is 0 Å². The van der Waals surface area contributed by atoms with E-state index in [1.807, 2.05) is 75.4 Å². The predicted octanol–water partition coefficient (Wildman–Crippen LogP) is 6.89. The van der Waals surface area contributed by atoms with Gasteiger partial charge in [0.2, 0.25) is 0 Å². The topological polar surface area (TPSA) is 103 Å². The molecular formula is C33H27N3O5S. The van der Waals surface area contributed by atoms with Gasteiger partial charge in [0.25, 0.3) is 5.69 Å². The van der Waals surface area contributed by atoms with E-state index >= 15 is 0 Å². The molecule has 1 atom stereocenters. The third-order valence-electron chi connectivity index (χ3n) is 7.81. The number of aromatic nitrogens is 1. The highest BCUT2D eigenvalue weighted by atomic mass is 32.2. The number of Topliss-reactive ketones (excluding diaryl/α,β-unsaturated/α-hetero) is 1. The highest BCUT2D eigenvalue weighted by Crippen LogP contribution is 2.48. The van der Waals surface area contributed by atoms with Gasteiger partial charge in [-0.15, -0.1) is 0 Å². The highest BCUT2D eigenvalue weighted by molar-refractivity contribution is 7.99. The Kier molecular flexibility index (Phi) is 6.82. The second-order valence-electron chi connectivity index (χ2n) is 10.3. The van der Waals surface area contributed by atoms with Gasteiger partial charge in [0.15, 0.2) is 5.78 Å². The molecule has 0 saturated heterocycles. The lowest BCUT2D eigenvalue weighted by atomic mass is 9.79. The van der Waals surface area contributed by atoms with Gasteiger partial charge in [-0.3, -0.25) is 14.9 Å². The summed E-state index contributed by atoms with van der Waals surface area (Å²) < 4.78 is 7.32. The third kappa shape index (κ3) is 4.42. The van der Waals surface area contributed by atoms with E-state index in [0.717, 1.165) is 43.7 Å². The van der Waals surface area contributed by atoms with Crippen molar-refractivity contribution in [3.63, 3.8) is 0 Å². The highest BCUT2D eigenvalue weighted by Gasteiger charge is 2.43. The Bertz CT molecular complexity index is 1850. The smallest absolute Gasteiger partial charge is 0.336 e. The molecule has 1 aromatic heterocycles. The number of esters is 1. The van der Waals surface area contributed by atoms with Crippen LogP contribution in [-0.2, 0) is 9.53 Å². The summed E-state index contributed by atoms with van der Waals surface area (Å²) in [4.78, 5) is 39.4. The van der Waals surface area contributed by atoms with E-state index in [1.54, 1.807) is 12.1 Å². The number of rotatable bonds is 6. The van der Waals surface area contributed by atoms with E-state index in [4.69, 9.17) is 4.74 Å². The Labute approximate surface area is 246 Å². The molecule has 2 heterocycles. The van der Waals surface area contributed by atoms with E-state index in [9.17, 15) is 19.7 Å². The second kappa shape index (κ2) is 10.5. The maximum absolute atomic E-state index is 13.8. The number of ketones is 1. The molecule has 0 fully saturated rings. The average molecular weight is 578 g/mol. The number of nitro benzene ring substituents is 1. The third-order valence-corrected chi connectivity index (χ3v) is 8.83. The number of fused-ring (bicyclic) bond motifs is 2. The number of dihydropyridines is 1. The fraction of sp³-hybridized carbons (Fsp3) is 0.152. The molecule has 0 radical (unpaired) electrons. The Hall–Kier alpha value is -4.89. The number of carbonyl (C=O) groups excluding carboxylic acids is 2. The molecule has 1 aliphatic heterocycles. The van der Waals surface area contributed by atoms with E-state index in [2.05, 4.69) is 9.88 Å². The van der Waals surface area contributed by atoms with Crippen LogP contribution in [0.5, 0.6) is 0 Å². The van der Waals surface area contributed by atoms with Crippen molar-refractivity contribution in [1.82, 2.24) is 9.88 Å². The van der Waals surface area contributed by atoms with Gasteiger partial charge < -0.3 is 14.6 Å². The minimum absolute atomic E-state index is 0.0595. The molecule has 4 aromatic rings. The van der Waals surface area contributed by atoms with Crippen LogP contribution >= 0.6 is 11.8 Å². The number of nitrogens with one attached hydrogen (secondary N) is 1. The van der Waals surface area contributed by atoms with Crippen molar-refractivity contribution in [3.05, 3.63) is 134 Å². The standard InChI is InChI=1S/C33H27N3O5S/c1-18-17-27(20(3)35(18)21-9-13-23(14-10-21)42-24-15-11-22(12-16-24)36(39)40)29-28(33(38)41-4)19(2)34-31-25-7-5-6-8-26(25)32(37)30(29)31/h5-17,29,34H,1-4H3/t29-/m1/s1. The van der Waals surface area contributed by atoms with Crippen LogP contribution in [0.3, 0.4) is 0 Å². The van der Waals surface area contributed by atoms with E-state index in [-0.39, 0.29) is 11.5 Å². The minimum atomic E-state index is -0.592. The Morgan fingerprint density at radius 2 is 1.57 bits per heavy atom. The molecule has 2 aliphatic rings. The minimum Gasteiger partial charge on any atom is -0.466 e. The zero-order valence-electron chi connectivity index (χ0n) is 23.4. The molecule has 0 unspecified atom stereocenters. The van der Waals surface area contributed by atoms with Crippen LogP contribution in [0.1, 0.15) is 45.7 Å². The summed E-state index contributed by atoms with van der Waals surface area (Å²) >= 11 is 1.52. The number of benzene rings is 3. The molecule has 0 amide bonds. The summed E-state index contributed by atoms with van der Waals surface area (Å²) in [6.45, 7) is 5.85. The molecule has 42 heavy (non-hydrogen) atoms. The number of hydrogen-bond acceptors (Lipinski definition) is 7. The van der Waals surface area contributed by atoms with Gasteiger partial charge in [-0.25, -0.2) is 4.79 Å². The number of hydrogen-bond donors (Lipinski definition) is 1. The average Bonchev–Trinajstić information content (AvgIpc) is 3.44. The number of non-ortho nitro benzene ring substituents is 1. The Balaban J connectivity index is 1.38. The summed E-state index contributed by atoms with van der Waals surface area (Å²) in [5.41, 5.74) is 7.57. The van der Waals surface area contributed by atoms with Gasteiger partial charge >= 0.3 is 5.97 Å². The Morgan fingerprint density at radius 1 is 0.952 bits per heavy atom. The molecule has 8 nitrogen and oxygen atoms in total. The van der Waals surface area contributed by atoms with Crippen molar-refractivity contribution in [2.75, 3.05) is 7.11 Å². The summed E-state index contributed by atoms with van der Waals surface area (Å²) in [5, 5.41) is 14.3. The number of methoxy groups -OCH3 is 1. The lowest BCUT2D eigenvalue weighted by Crippen LogP contribution is -2.29. The van der Waals surface area contributed by atoms with Crippen molar-refractivity contribution in [2.24, 2.45) is 0 Å². The van der Waals surface area contributed by atoms with Crippen LogP contribution in [0.4, 0.5) is 5.69 Å². The van der Waals surface area contributed by atoms with E-state index < -0.39 is 16.8 Å². The molecule has 1 N–H and O–H groups in total. The second-order valence-corrected chi connectivity index (χ2v) is 11.4. The fourth-order valence-corrected chi connectivity index (χ4v) is 6.75. The van der Waals surface area contributed by atoms with Gasteiger partial charge in [-0.2, -0.15) is 0 Å². The van der Waals surface area contributed by atoms with Crippen LogP contribution < -0.4 is 5.32 Å². The fourth-order valence-electron chi connectivity index (χ4n) is 5.93. The molecule has 0 bridgehead atoms. The quantitative estimate of drug-likeness (QED) is 0.151. The van der Waals surface area contributed by atoms with Crippen molar-refractivity contribution in [2.45, 2.75) is 36.5 Å². The van der Waals surface area contributed by atoms with Gasteiger partial charge in [-0.05, 0) is 68.8 Å². The van der Waals surface area contributed by atoms with Crippen LogP contribution in [-0.4, -0.2) is 28.4 Å². The largest absolute Gasteiger partial charge is 0.466 e. The molecule has 1 aliphatic carbocycles. The number of nitrogens with zero attached hydrogens (tertiary/aromatic N) is 2. The summed E-state index contributed by atoms with van der Waals surface area (Å²) in [6, 6.07) is 24.1. The summed E-state index contributed by atoms with van der Waals surface area (Å²) in [7, 11) is 1.36. The molecule has 3 aromatic carbocycles. The van der Waals surface area contributed by atoms with E-state index in [1.165, 1.54) is 31.0 Å². The molecule has 210 valence electrons. The van der Waals surface area contributed by atoms with Crippen LogP contribution in [0, 0.1) is 24.0 Å². The first-order valence-electron chi connectivity index (χ1n) is 13.4. The van der Waals surface area contributed by atoms with Crippen LogP contribution in [0.25, 0.3) is 11.4 Å². The summed E-state index contributed by atoms with van der Waals surface area (Å²) in [6.07, 6.45) is 0. The maximum atomic E-state index is 13.8.